The molecule has 0 amide bonds. The van der Waals surface area contributed by atoms with Crippen LogP contribution in [0.25, 0.3) is 11.0 Å². The molecule has 22 heavy (non-hydrogen) atoms. The summed E-state index contributed by atoms with van der Waals surface area (Å²) in [6.07, 6.45) is 0. The normalized spacial score (nSPS) is 11.4. The number of phenols is 1. The molecule has 0 aliphatic carbocycles. The molecule has 0 saturated carbocycles. The van der Waals surface area contributed by atoms with Gasteiger partial charge in [-0.25, -0.2) is 9.59 Å². The standard InChI is InChI=1S/C10H6O5.C3H8N2O2/c11-6-2-1-5-3-7(9(12)13)10(14)15-8(5)4-6;4-1-2(5)3(6)7/h1-4,11H,(H,12,13);2H,1,4-5H2,(H,6,7)/t;2-/m.1/s1. The van der Waals surface area contributed by atoms with Crippen molar-refractivity contribution in [1.82, 2.24) is 0 Å². The summed E-state index contributed by atoms with van der Waals surface area (Å²) in [5, 5.41) is 26.2. The van der Waals surface area contributed by atoms with Crippen LogP contribution >= 0.6 is 0 Å². The van der Waals surface area contributed by atoms with E-state index in [4.69, 9.17) is 31.2 Å². The van der Waals surface area contributed by atoms with Crippen molar-refractivity contribution in [2.75, 3.05) is 6.54 Å². The molecule has 9 heteroatoms. The van der Waals surface area contributed by atoms with Crippen molar-refractivity contribution in [2.45, 2.75) is 6.04 Å². The lowest BCUT2D eigenvalue weighted by Crippen LogP contribution is -2.37. The van der Waals surface area contributed by atoms with E-state index in [9.17, 15) is 14.4 Å². The van der Waals surface area contributed by atoms with Crippen molar-refractivity contribution in [3.8, 4) is 5.75 Å². The number of nitrogens with two attached hydrogens (primary N) is 2. The first-order valence-corrected chi connectivity index (χ1v) is 5.95. The lowest BCUT2D eigenvalue weighted by atomic mass is 10.2. The predicted octanol–water partition coefficient (Wildman–Crippen LogP) is -0.446. The van der Waals surface area contributed by atoms with Crippen molar-refractivity contribution < 1.29 is 29.3 Å². The molecule has 0 aliphatic heterocycles. The predicted molar refractivity (Wildman–Crippen MR) is 75.8 cm³/mol. The molecule has 7 N–H and O–H groups in total. The number of benzene rings is 1. The fourth-order valence-electron chi connectivity index (χ4n) is 1.35. The Morgan fingerprint density at radius 3 is 2.32 bits per heavy atom. The topological polar surface area (TPSA) is 177 Å². The zero-order valence-corrected chi connectivity index (χ0v) is 11.2. The van der Waals surface area contributed by atoms with Crippen molar-refractivity contribution in [2.24, 2.45) is 11.5 Å². The molecule has 0 saturated heterocycles. The van der Waals surface area contributed by atoms with Crippen molar-refractivity contribution in [3.63, 3.8) is 0 Å². The molecule has 2 aromatic rings. The van der Waals surface area contributed by atoms with E-state index >= 15 is 0 Å². The Hall–Kier alpha value is -2.91. The number of phenolic OH excluding ortho intramolecular Hbond substituents is 1. The van der Waals surface area contributed by atoms with Gasteiger partial charge in [-0.1, -0.05) is 0 Å². The van der Waals surface area contributed by atoms with E-state index < -0.39 is 29.2 Å². The fraction of sp³-hybridized carbons (Fsp3) is 0.154. The SMILES string of the molecule is NC[C@@H](N)C(=O)O.O=C(O)c1cc2ccc(O)cc2oc1=O. The maximum Gasteiger partial charge on any atom is 0.351 e. The zero-order valence-electron chi connectivity index (χ0n) is 11.2. The minimum absolute atomic E-state index is 0.00463. The lowest BCUT2D eigenvalue weighted by molar-refractivity contribution is -0.138. The third-order valence-corrected chi connectivity index (χ3v) is 2.52. The Labute approximate surface area is 123 Å². The molecule has 0 spiro atoms. The molecule has 1 atom stereocenters. The summed E-state index contributed by atoms with van der Waals surface area (Å²) in [6.45, 7) is -0.00463. The van der Waals surface area contributed by atoms with E-state index in [1.165, 1.54) is 24.3 Å². The number of aromatic hydroxyl groups is 1. The smallest absolute Gasteiger partial charge is 0.351 e. The van der Waals surface area contributed by atoms with Crippen LogP contribution in [-0.4, -0.2) is 39.8 Å². The Balaban J connectivity index is 0.000000295. The van der Waals surface area contributed by atoms with Crippen molar-refractivity contribution in [3.05, 3.63) is 40.2 Å². The fourth-order valence-corrected chi connectivity index (χ4v) is 1.35. The highest BCUT2D eigenvalue weighted by Gasteiger charge is 2.11. The third kappa shape index (κ3) is 4.30. The first kappa shape index (κ1) is 17.1. The molecule has 118 valence electrons. The number of hydrogen-bond donors (Lipinski definition) is 5. The molecule has 0 aliphatic rings. The third-order valence-electron chi connectivity index (χ3n) is 2.52. The van der Waals surface area contributed by atoms with Gasteiger partial charge in [0.05, 0.1) is 0 Å². The maximum atomic E-state index is 11.2. The van der Waals surface area contributed by atoms with Crippen LogP contribution < -0.4 is 17.1 Å². The van der Waals surface area contributed by atoms with E-state index in [2.05, 4.69) is 0 Å². The average molecular weight is 310 g/mol. The highest BCUT2D eigenvalue weighted by molar-refractivity contribution is 5.91. The highest BCUT2D eigenvalue weighted by Crippen LogP contribution is 2.18. The molecule has 1 heterocycles. The molecule has 1 aromatic carbocycles. The van der Waals surface area contributed by atoms with Crippen LogP contribution in [0.3, 0.4) is 0 Å². The van der Waals surface area contributed by atoms with Gasteiger partial charge in [0.1, 0.15) is 22.9 Å². The molecule has 1 aromatic heterocycles. The summed E-state index contributed by atoms with van der Waals surface area (Å²) in [5.41, 5.74) is 8.56. The molecular weight excluding hydrogens is 296 g/mol. The van der Waals surface area contributed by atoms with Gasteiger partial charge in [0.2, 0.25) is 0 Å². The Morgan fingerprint density at radius 2 is 1.86 bits per heavy atom. The Kier molecular flexibility index (Phi) is 5.61. The second kappa shape index (κ2) is 7.20. The molecule has 0 bridgehead atoms. The highest BCUT2D eigenvalue weighted by atomic mass is 16.4. The number of rotatable bonds is 3. The van der Waals surface area contributed by atoms with E-state index in [0.29, 0.717) is 5.39 Å². The van der Waals surface area contributed by atoms with E-state index in [0.717, 1.165) is 0 Å². The van der Waals surface area contributed by atoms with Gasteiger partial charge < -0.3 is 31.2 Å². The van der Waals surface area contributed by atoms with E-state index in [-0.39, 0.29) is 17.9 Å². The summed E-state index contributed by atoms with van der Waals surface area (Å²) >= 11 is 0. The maximum absolute atomic E-state index is 11.2. The quantitative estimate of drug-likeness (QED) is 0.470. The largest absolute Gasteiger partial charge is 0.508 e. The van der Waals surface area contributed by atoms with Gasteiger partial charge in [-0.05, 0) is 18.2 Å². The molecule has 0 radical (unpaired) electrons. The van der Waals surface area contributed by atoms with Crippen LogP contribution in [0.1, 0.15) is 10.4 Å². The number of hydrogen-bond acceptors (Lipinski definition) is 7. The van der Waals surface area contributed by atoms with Gasteiger partial charge in [-0.3, -0.25) is 4.79 Å². The first-order chi connectivity index (χ1) is 10.3. The van der Waals surface area contributed by atoms with Gasteiger partial charge in [0, 0.05) is 18.0 Å². The summed E-state index contributed by atoms with van der Waals surface area (Å²) in [4.78, 5) is 31.5. The van der Waals surface area contributed by atoms with Gasteiger partial charge in [0.25, 0.3) is 0 Å². The molecule has 2 rings (SSSR count). The number of carboxylic acids is 2. The van der Waals surface area contributed by atoms with Crippen molar-refractivity contribution in [1.29, 1.82) is 0 Å². The summed E-state index contributed by atoms with van der Waals surface area (Å²) in [5.74, 6) is -2.44. The minimum atomic E-state index is -1.33. The monoisotopic (exact) mass is 310 g/mol. The molecule has 0 fully saturated rings. The van der Waals surface area contributed by atoms with Crippen LogP contribution in [0.15, 0.2) is 33.5 Å². The summed E-state index contributed by atoms with van der Waals surface area (Å²) in [6, 6.07) is 4.42. The van der Waals surface area contributed by atoms with Crippen LogP contribution in [0.2, 0.25) is 0 Å². The number of aliphatic carboxylic acids is 1. The molecular formula is C13H14N2O7. The summed E-state index contributed by atoms with van der Waals surface area (Å²) < 4.78 is 4.74. The number of carbonyl (C=O) groups is 2. The molecule has 9 nitrogen and oxygen atoms in total. The Bertz CT molecular complexity index is 754. The van der Waals surface area contributed by atoms with Crippen LogP contribution in [-0.2, 0) is 4.79 Å². The van der Waals surface area contributed by atoms with Gasteiger partial charge in [-0.15, -0.1) is 0 Å². The second-order valence-corrected chi connectivity index (χ2v) is 4.16. The van der Waals surface area contributed by atoms with Crippen LogP contribution in [0.5, 0.6) is 5.75 Å². The number of aromatic carboxylic acids is 1. The van der Waals surface area contributed by atoms with Crippen LogP contribution in [0.4, 0.5) is 0 Å². The number of carboxylic acid groups (broad SMARTS) is 2. The van der Waals surface area contributed by atoms with Gasteiger partial charge in [0.15, 0.2) is 0 Å². The van der Waals surface area contributed by atoms with E-state index in [1.807, 2.05) is 0 Å². The van der Waals surface area contributed by atoms with E-state index in [1.54, 1.807) is 0 Å². The first-order valence-electron chi connectivity index (χ1n) is 5.95. The average Bonchev–Trinajstić information content (AvgIpc) is 2.45. The minimum Gasteiger partial charge on any atom is -0.508 e. The second-order valence-electron chi connectivity index (χ2n) is 4.16. The van der Waals surface area contributed by atoms with Gasteiger partial charge >= 0.3 is 17.6 Å². The lowest BCUT2D eigenvalue weighted by Gasteiger charge is -1.98. The molecule has 0 unspecified atom stereocenters. The summed E-state index contributed by atoms with van der Waals surface area (Å²) in [7, 11) is 0. The van der Waals surface area contributed by atoms with Crippen LogP contribution in [0, 0.1) is 0 Å². The Morgan fingerprint density at radius 1 is 1.23 bits per heavy atom. The zero-order chi connectivity index (χ0) is 16.9. The van der Waals surface area contributed by atoms with Crippen molar-refractivity contribution >= 4 is 22.9 Å². The number of fused-ring (bicyclic) bond motifs is 1. The van der Waals surface area contributed by atoms with Gasteiger partial charge in [-0.2, -0.15) is 0 Å².